The number of hydrogen-bond donors (Lipinski definition) is 1. The van der Waals surface area contributed by atoms with Gasteiger partial charge in [-0.1, -0.05) is 23.4 Å². The molecule has 0 aliphatic carbocycles. The summed E-state index contributed by atoms with van der Waals surface area (Å²) in [6.45, 7) is 2.56. The normalized spacial score (nSPS) is 16.2. The molecule has 31 heavy (non-hydrogen) atoms. The number of aromatic nitrogens is 2. The van der Waals surface area contributed by atoms with Crippen molar-refractivity contribution in [1.29, 1.82) is 0 Å². The summed E-state index contributed by atoms with van der Waals surface area (Å²) in [5.74, 6) is -0.118. The van der Waals surface area contributed by atoms with Crippen LogP contribution in [0.3, 0.4) is 0 Å². The molecule has 1 atom stereocenters. The van der Waals surface area contributed by atoms with Crippen LogP contribution >= 0.6 is 0 Å². The van der Waals surface area contributed by atoms with Crippen molar-refractivity contribution in [2.24, 2.45) is 0 Å². The van der Waals surface area contributed by atoms with Gasteiger partial charge >= 0.3 is 6.03 Å². The molecule has 4 rings (SSSR count). The molecule has 9 heteroatoms. The number of likely N-dealkylation sites (tertiary alicyclic amines) is 1. The van der Waals surface area contributed by atoms with Crippen molar-refractivity contribution in [2.75, 3.05) is 18.4 Å². The van der Waals surface area contributed by atoms with Gasteiger partial charge in [0, 0.05) is 30.3 Å². The summed E-state index contributed by atoms with van der Waals surface area (Å²) in [7, 11) is 0. The van der Waals surface area contributed by atoms with Crippen LogP contribution in [0.1, 0.15) is 36.0 Å². The minimum atomic E-state index is -0.468. The van der Waals surface area contributed by atoms with E-state index in [0.29, 0.717) is 30.2 Å². The van der Waals surface area contributed by atoms with Crippen LogP contribution in [0, 0.1) is 18.6 Å². The summed E-state index contributed by atoms with van der Waals surface area (Å²) in [5.41, 5.74) is 0.835. The highest BCUT2D eigenvalue weighted by molar-refractivity contribution is 5.90. The Morgan fingerprint density at radius 1 is 1.23 bits per heavy atom. The highest BCUT2D eigenvalue weighted by Gasteiger charge is 2.28. The Morgan fingerprint density at radius 3 is 2.87 bits per heavy atom. The van der Waals surface area contributed by atoms with Crippen LogP contribution < -0.4 is 10.1 Å². The van der Waals surface area contributed by atoms with Gasteiger partial charge in [-0.05, 0) is 44.0 Å². The number of nitrogens with one attached hydrogen (secondary N) is 1. The number of ether oxygens (including phenoxy) is 1. The van der Waals surface area contributed by atoms with Crippen LogP contribution in [0.2, 0.25) is 0 Å². The largest absolute Gasteiger partial charge is 0.481 e. The average molecular weight is 428 g/mol. The summed E-state index contributed by atoms with van der Waals surface area (Å²) in [6, 6.07) is 10.3. The molecule has 0 saturated carbocycles. The first-order valence-corrected chi connectivity index (χ1v) is 10.0. The zero-order chi connectivity index (χ0) is 21.8. The molecule has 1 aromatic heterocycles. The minimum absolute atomic E-state index is 0.0519. The average Bonchev–Trinajstić information content (AvgIpc) is 3.25. The van der Waals surface area contributed by atoms with Crippen molar-refractivity contribution in [1.82, 2.24) is 15.0 Å². The quantitative estimate of drug-likeness (QED) is 0.640. The Hall–Kier alpha value is -3.49. The van der Waals surface area contributed by atoms with Crippen LogP contribution in [0.5, 0.6) is 5.75 Å². The van der Waals surface area contributed by atoms with Gasteiger partial charge in [0.2, 0.25) is 0 Å². The van der Waals surface area contributed by atoms with Gasteiger partial charge in [-0.15, -0.1) is 0 Å². The number of carbonyl (C=O) groups is 1. The summed E-state index contributed by atoms with van der Waals surface area (Å²) in [4.78, 5) is 18.7. The van der Waals surface area contributed by atoms with Crippen LogP contribution in [-0.2, 0) is 6.61 Å². The zero-order valence-corrected chi connectivity index (χ0v) is 17.0. The Labute approximate surface area is 178 Å². The van der Waals surface area contributed by atoms with E-state index in [-0.39, 0.29) is 36.0 Å². The fourth-order valence-electron chi connectivity index (χ4n) is 3.50. The summed E-state index contributed by atoms with van der Waals surface area (Å²) < 4.78 is 38.0. The van der Waals surface area contributed by atoms with Gasteiger partial charge in [0.25, 0.3) is 5.89 Å². The molecular weight excluding hydrogens is 406 g/mol. The molecule has 1 unspecified atom stereocenters. The lowest BCUT2D eigenvalue weighted by Crippen LogP contribution is -2.42. The maximum atomic E-state index is 13.7. The molecule has 2 heterocycles. The monoisotopic (exact) mass is 428 g/mol. The van der Waals surface area contributed by atoms with Crippen molar-refractivity contribution in [3.63, 3.8) is 0 Å². The van der Waals surface area contributed by atoms with E-state index in [4.69, 9.17) is 9.26 Å². The van der Waals surface area contributed by atoms with Crippen LogP contribution in [0.15, 0.2) is 47.0 Å². The fraction of sp³-hybridized carbons (Fsp3) is 0.318. The molecule has 3 aromatic rings. The number of halogens is 2. The van der Waals surface area contributed by atoms with Crippen molar-refractivity contribution >= 4 is 11.7 Å². The Kier molecular flexibility index (Phi) is 6.11. The first kappa shape index (κ1) is 20.8. The number of carbonyl (C=O) groups excluding carboxylic acids is 1. The highest BCUT2D eigenvalue weighted by atomic mass is 19.1. The predicted molar refractivity (Wildman–Crippen MR) is 109 cm³/mol. The van der Waals surface area contributed by atoms with Crippen LogP contribution in [0.25, 0.3) is 0 Å². The van der Waals surface area contributed by atoms with E-state index >= 15 is 0 Å². The Bertz CT molecular complexity index is 1070. The van der Waals surface area contributed by atoms with Crippen molar-refractivity contribution in [3.8, 4) is 5.75 Å². The van der Waals surface area contributed by atoms with Gasteiger partial charge in [0.15, 0.2) is 24.0 Å². The highest BCUT2D eigenvalue weighted by Crippen LogP contribution is 2.26. The molecule has 0 spiro atoms. The summed E-state index contributed by atoms with van der Waals surface area (Å²) in [5, 5.41) is 6.78. The zero-order valence-electron chi connectivity index (χ0n) is 17.0. The minimum Gasteiger partial charge on any atom is -0.481 e. The van der Waals surface area contributed by atoms with Gasteiger partial charge in [-0.2, -0.15) is 4.98 Å². The third-order valence-corrected chi connectivity index (χ3v) is 5.25. The number of nitrogens with zero attached hydrogens (tertiary/aromatic N) is 3. The number of piperidine rings is 1. The van der Waals surface area contributed by atoms with E-state index in [1.54, 1.807) is 36.1 Å². The fourth-order valence-corrected chi connectivity index (χ4v) is 3.50. The van der Waals surface area contributed by atoms with Crippen molar-refractivity contribution in [3.05, 3.63) is 71.4 Å². The molecule has 1 fully saturated rings. The second-order valence-electron chi connectivity index (χ2n) is 7.39. The molecule has 1 saturated heterocycles. The maximum Gasteiger partial charge on any atom is 0.321 e. The topological polar surface area (TPSA) is 80.5 Å². The molecule has 0 bridgehead atoms. The molecule has 1 aliphatic heterocycles. The Balaban J connectivity index is 1.37. The maximum absolute atomic E-state index is 13.7. The van der Waals surface area contributed by atoms with E-state index in [1.807, 2.05) is 0 Å². The molecule has 7 nitrogen and oxygen atoms in total. The molecule has 1 N–H and O–H groups in total. The standard InChI is InChI=1S/C22H22F2N4O3/c1-14-16(23)8-4-9-18(14)25-22(29)28-11-5-6-15(12-28)21-26-20(31-27-21)13-30-19-10-3-2-7-17(19)24/h2-4,7-10,15H,5-6,11-13H2,1H3,(H,25,29). The first-order valence-electron chi connectivity index (χ1n) is 10.0. The van der Waals surface area contributed by atoms with Gasteiger partial charge in [-0.3, -0.25) is 0 Å². The number of amides is 2. The second-order valence-corrected chi connectivity index (χ2v) is 7.39. The molecule has 2 amide bonds. The van der Waals surface area contributed by atoms with Crippen LogP contribution in [-0.4, -0.2) is 34.2 Å². The third kappa shape index (κ3) is 4.82. The number of hydrogen-bond acceptors (Lipinski definition) is 5. The summed E-state index contributed by atoms with van der Waals surface area (Å²) >= 11 is 0. The molecule has 162 valence electrons. The van der Waals surface area contributed by atoms with Gasteiger partial charge in [0.05, 0.1) is 0 Å². The number of rotatable bonds is 5. The third-order valence-electron chi connectivity index (χ3n) is 5.25. The lowest BCUT2D eigenvalue weighted by atomic mass is 9.97. The van der Waals surface area contributed by atoms with E-state index in [1.165, 1.54) is 18.2 Å². The number of para-hydroxylation sites is 1. The SMILES string of the molecule is Cc1c(F)cccc1NC(=O)N1CCCC(c2noc(COc3ccccc3F)n2)C1. The molecule has 0 radical (unpaired) electrons. The van der Waals surface area contributed by atoms with Gasteiger partial charge < -0.3 is 19.5 Å². The van der Waals surface area contributed by atoms with Crippen molar-refractivity contribution < 1.29 is 22.8 Å². The van der Waals surface area contributed by atoms with E-state index in [2.05, 4.69) is 15.5 Å². The number of anilines is 1. The van der Waals surface area contributed by atoms with Crippen LogP contribution in [0.4, 0.5) is 19.3 Å². The summed E-state index contributed by atoms with van der Waals surface area (Å²) in [6.07, 6.45) is 1.58. The molecular formula is C22H22F2N4O3. The number of urea groups is 1. The molecule has 1 aliphatic rings. The number of benzene rings is 2. The molecule has 2 aromatic carbocycles. The predicted octanol–water partition coefficient (Wildman–Crippen LogP) is 4.65. The van der Waals surface area contributed by atoms with E-state index in [0.717, 1.165) is 12.8 Å². The van der Waals surface area contributed by atoms with Gasteiger partial charge in [0.1, 0.15) is 5.82 Å². The first-order chi connectivity index (χ1) is 15.0. The smallest absolute Gasteiger partial charge is 0.321 e. The van der Waals surface area contributed by atoms with Crippen molar-refractivity contribution in [2.45, 2.75) is 32.3 Å². The van der Waals surface area contributed by atoms with E-state index < -0.39 is 5.82 Å². The Morgan fingerprint density at radius 2 is 2.03 bits per heavy atom. The lowest BCUT2D eigenvalue weighted by Gasteiger charge is -2.31. The lowest BCUT2D eigenvalue weighted by molar-refractivity contribution is 0.190. The van der Waals surface area contributed by atoms with E-state index in [9.17, 15) is 13.6 Å². The second kappa shape index (κ2) is 9.11. The van der Waals surface area contributed by atoms with Gasteiger partial charge in [-0.25, -0.2) is 13.6 Å².